The molecule has 0 aliphatic rings. The van der Waals surface area contributed by atoms with Gasteiger partial charge in [-0.25, -0.2) is 13.1 Å². The zero-order chi connectivity index (χ0) is 20.0. The minimum atomic E-state index is -3.25. The minimum Gasteiger partial charge on any atom is -0.348 e. The van der Waals surface area contributed by atoms with Crippen molar-refractivity contribution in [1.82, 2.24) is 15.0 Å². The third-order valence-electron chi connectivity index (χ3n) is 4.13. The molecule has 144 valence electrons. The molecule has 2 N–H and O–H groups in total. The van der Waals surface area contributed by atoms with E-state index in [1.54, 1.807) is 18.5 Å². The Morgan fingerprint density at radius 2 is 1.68 bits per heavy atom. The Bertz CT molecular complexity index is 1070. The summed E-state index contributed by atoms with van der Waals surface area (Å²) in [6.45, 7) is 0.547. The van der Waals surface area contributed by atoms with Crippen molar-refractivity contribution >= 4 is 15.9 Å². The van der Waals surface area contributed by atoms with Crippen molar-refractivity contribution in [1.29, 1.82) is 0 Å². The molecule has 3 aromatic rings. The first-order valence-corrected chi connectivity index (χ1v) is 10.6. The fraction of sp³-hybridized carbons (Fsp3) is 0.143. The van der Waals surface area contributed by atoms with Crippen LogP contribution in [0.3, 0.4) is 0 Å². The number of rotatable bonds is 7. The molecule has 0 aliphatic heterocycles. The van der Waals surface area contributed by atoms with Gasteiger partial charge in [0.15, 0.2) is 0 Å². The van der Waals surface area contributed by atoms with Crippen LogP contribution in [0.1, 0.15) is 21.5 Å². The fourth-order valence-electron chi connectivity index (χ4n) is 2.78. The molecule has 0 spiro atoms. The van der Waals surface area contributed by atoms with Crippen molar-refractivity contribution < 1.29 is 13.2 Å². The summed E-state index contributed by atoms with van der Waals surface area (Å²) in [5.74, 6) is -0.194. The zero-order valence-corrected chi connectivity index (χ0v) is 16.2. The van der Waals surface area contributed by atoms with Gasteiger partial charge in [0, 0.05) is 31.0 Å². The predicted molar refractivity (Wildman–Crippen MR) is 109 cm³/mol. The number of hydrogen-bond donors (Lipinski definition) is 2. The Kier molecular flexibility index (Phi) is 6.18. The van der Waals surface area contributed by atoms with Gasteiger partial charge in [-0.1, -0.05) is 54.6 Å². The molecule has 0 radical (unpaired) electrons. The number of benzene rings is 2. The average Bonchev–Trinajstić information content (AvgIpc) is 2.71. The second kappa shape index (κ2) is 8.77. The van der Waals surface area contributed by atoms with E-state index in [0.29, 0.717) is 12.1 Å². The molecule has 0 saturated carbocycles. The van der Waals surface area contributed by atoms with Crippen LogP contribution in [-0.4, -0.2) is 25.6 Å². The summed E-state index contributed by atoms with van der Waals surface area (Å²) in [6.07, 6.45) is 4.40. The lowest BCUT2D eigenvalue weighted by Crippen LogP contribution is -2.24. The van der Waals surface area contributed by atoms with Gasteiger partial charge in [-0.2, -0.15) is 0 Å². The van der Waals surface area contributed by atoms with Gasteiger partial charge in [0.2, 0.25) is 10.0 Å². The Labute approximate surface area is 164 Å². The lowest BCUT2D eigenvalue weighted by atomic mass is 10.0. The van der Waals surface area contributed by atoms with Crippen LogP contribution in [0, 0.1) is 0 Å². The van der Waals surface area contributed by atoms with Crippen LogP contribution >= 0.6 is 0 Å². The van der Waals surface area contributed by atoms with Gasteiger partial charge in [0.1, 0.15) is 0 Å². The summed E-state index contributed by atoms with van der Waals surface area (Å²) in [6, 6.07) is 18.7. The number of carbonyl (C=O) groups is 1. The number of aromatic nitrogens is 1. The van der Waals surface area contributed by atoms with Crippen LogP contribution in [0.5, 0.6) is 0 Å². The molecule has 0 fully saturated rings. The number of carbonyl (C=O) groups excluding carboxylic acids is 1. The number of amides is 1. The molecule has 2 aromatic carbocycles. The zero-order valence-electron chi connectivity index (χ0n) is 15.4. The molecule has 1 amide bonds. The van der Waals surface area contributed by atoms with Gasteiger partial charge in [-0.05, 0) is 22.8 Å². The standard InChI is InChI=1S/C21H21N3O3S/c1-28(26,27)24-14-17-7-5-6-16(12-17)13-23-21(25)19-10-11-22-15-20(19)18-8-3-2-4-9-18/h2-12,15,24H,13-14H2,1H3,(H,23,25). The lowest BCUT2D eigenvalue weighted by Gasteiger charge is -2.11. The minimum absolute atomic E-state index is 0.194. The van der Waals surface area contributed by atoms with E-state index in [9.17, 15) is 13.2 Å². The van der Waals surface area contributed by atoms with E-state index in [4.69, 9.17) is 0 Å². The molecule has 0 atom stereocenters. The highest BCUT2D eigenvalue weighted by Gasteiger charge is 2.12. The topological polar surface area (TPSA) is 88.2 Å². The maximum absolute atomic E-state index is 12.7. The van der Waals surface area contributed by atoms with E-state index in [0.717, 1.165) is 28.5 Å². The van der Waals surface area contributed by atoms with E-state index in [-0.39, 0.29) is 12.5 Å². The molecule has 6 nitrogen and oxygen atoms in total. The second-order valence-electron chi connectivity index (χ2n) is 6.38. The first-order valence-electron chi connectivity index (χ1n) is 8.72. The van der Waals surface area contributed by atoms with Gasteiger partial charge in [0.25, 0.3) is 5.91 Å². The van der Waals surface area contributed by atoms with Gasteiger partial charge >= 0.3 is 0 Å². The number of nitrogens with one attached hydrogen (secondary N) is 2. The smallest absolute Gasteiger partial charge is 0.252 e. The molecular formula is C21H21N3O3S. The van der Waals surface area contributed by atoms with Gasteiger partial charge in [0.05, 0.1) is 11.8 Å². The van der Waals surface area contributed by atoms with Crippen LogP contribution in [0.2, 0.25) is 0 Å². The lowest BCUT2D eigenvalue weighted by molar-refractivity contribution is 0.0951. The molecule has 0 aliphatic carbocycles. The monoisotopic (exact) mass is 395 g/mol. The molecular weight excluding hydrogens is 374 g/mol. The highest BCUT2D eigenvalue weighted by Crippen LogP contribution is 2.22. The largest absolute Gasteiger partial charge is 0.348 e. The summed E-state index contributed by atoms with van der Waals surface area (Å²) in [4.78, 5) is 16.9. The normalized spacial score (nSPS) is 11.2. The average molecular weight is 395 g/mol. The highest BCUT2D eigenvalue weighted by atomic mass is 32.2. The first-order chi connectivity index (χ1) is 13.4. The van der Waals surface area contributed by atoms with E-state index in [1.165, 1.54) is 0 Å². The quantitative estimate of drug-likeness (QED) is 0.644. The third-order valence-corrected chi connectivity index (χ3v) is 4.80. The van der Waals surface area contributed by atoms with E-state index in [1.807, 2.05) is 54.6 Å². The van der Waals surface area contributed by atoms with Crippen LogP contribution in [0.25, 0.3) is 11.1 Å². The first kappa shape index (κ1) is 19.7. The van der Waals surface area contributed by atoms with Crippen molar-refractivity contribution in [2.75, 3.05) is 6.26 Å². The maximum Gasteiger partial charge on any atom is 0.252 e. The Morgan fingerprint density at radius 3 is 2.39 bits per heavy atom. The van der Waals surface area contributed by atoms with E-state index < -0.39 is 10.0 Å². The molecule has 0 saturated heterocycles. The molecule has 0 unspecified atom stereocenters. The van der Waals surface area contributed by atoms with Crippen molar-refractivity contribution in [3.8, 4) is 11.1 Å². The summed E-state index contributed by atoms with van der Waals surface area (Å²) in [5.41, 5.74) is 3.96. The SMILES string of the molecule is CS(=O)(=O)NCc1cccc(CNC(=O)c2ccncc2-c2ccccc2)c1. The van der Waals surface area contributed by atoms with Crippen molar-refractivity contribution in [3.63, 3.8) is 0 Å². The third kappa shape index (κ3) is 5.48. The molecule has 7 heteroatoms. The predicted octanol–water partition coefficient (Wildman–Crippen LogP) is 2.73. The highest BCUT2D eigenvalue weighted by molar-refractivity contribution is 7.88. The number of hydrogen-bond acceptors (Lipinski definition) is 4. The molecule has 28 heavy (non-hydrogen) atoms. The summed E-state index contributed by atoms with van der Waals surface area (Å²) < 4.78 is 24.9. The summed E-state index contributed by atoms with van der Waals surface area (Å²) in [5, 5.41) is 2.92. The van der Waals surface area contributed by atoms with Gasteiger partial charge in [-0.15, -0.1) is 0 Å². The van der Waals surface area contributed by atoms with Crippen LogP contribution in [-0.2, 0) is 23.1 Å². The Hall–Kier alpha value is -3.03. The van der Waals surface area contributed by atoms with Crippen molar-refractivity contribution in [2.24, 2.45) is 0 Å². The van der Waals surface area contributed by atoms with E-state index >= 15 is 0 Å². The Morgan fingerprint density at radius 1 is 0.964 bits per heavy atom. The summed E-state index contributed by atoms with van der Waals surface area (Å²) in [7, 11) is -3.25. The van der Waals surface area contributed by atoms with E-state index in [2.05, 4.69) is 15.0 Å². The van der Waals surface area contributed by atoms with Gasteiger partial charge < -0.3 is 5.32 Å². The van der Waals surface area contributed by atoms with Crippen LogP contribution in [0.15, 0.2) is 73.1 Å². The maximum atomic E-state index is 12.7. The second-order valence-corrected chi connectivity index (χ2v) is 8.22. The molecule has 1 heterocycles. The number of sulfonamides is 1. The number of nitrogens with zero attached hydrogens (tertiary/aromatic N) is 1. The fourth-order valence-corrected chi connectivity index (χ4v) is 3.21. The van der Waals surface area contributed by atoms with Gasteiger partial charge in [-0.3, -0.25) is 9.78 Å². The Balaban J connectivity index is 1.70. The van der Waals surface area contributed by atoms with Crippen molar-refractivity contribution in [3.05, 3.63) is 89.7 Å². The van der Waals surface area contributed by atoms with Crippen LogP contribution in [0.4, 0.5) is 0 Å². The summed E-state index contributed by atoms with van der Waals surface area (Å²) >= 11 is 0. The van der Waals surface area contributed by atoms with Crippen molar-refractivity contribution in [2.45, 2.75) is 13.1 Å². The van der Waals surface area contributed by atoms with Crippen LogP contribution < -0.4 is 10.0 Å². The molecule has 3 rings (SSSR count). The molecule has 0 bridgehead atoms. The number of pyridine rings is 1. The molecule has 1 aromatic heterocycles.